The van der Waals surface area contributed by atoms with E-state index in [-0.39, 0.29) is 23.7 Å². The van der Waals surface area contributed by atoms with Gasteiger partial charge < -0.3 is 10.2 Å². The molecule has 20 heavy (non-hydrogen) atoms. The van der Waals surface area contributed by atoms with E-state index in [0.717, 1.165) is 45.3 Å². The number of hydrogen-bond acceptors (Lipinski definition) is 3. The maximum atomic E-state index is 12.5. The van der Waals surface area contributed by atoms with Crippen molar-refractivity contribution in [2.45, 2.75) is 59.4 Å². The van der Waals surface area contributed by atoms with Gasteiger partial charge in [0.1, 0.15) is 5.78 Å². The molecule has 2 atom stereocenters. The highest BCUT2D eigenvalue weighted by Gasteiger charge is 2.34. The number of hydrogen-bond donors (Lipinski definition) is 1. The minimum atomic E-state index is 0.164. The lowest BCUT2D eigenvalue weighted by molar-refractivity contribution is -0.142. The first-order valence-corrected chi connectivity index (χ1v) is 8.11. The van der Waals surface area contributed by atoms with E-state index in [1.807, 2.05) is 18.7 Å². The third-order valence-corrected chi connectivity index (χ3v) is 4.42. The van der Waals surface area contributed by atoms with E-state index >= 15 is 0 Å². The second kappa shape index (κ2) is 8.40. The van der Waals surface area contributed by atoms with Crippen molar-refractivity contribution < 1.29 is 9.59 Å². The largest absolute Gasteiger partial charge is 0.340 e. The van der Waals surface area contributed by atoms with Gasteiger partial charge in [0, 0.05) is 24.4 Å². The summed E-state index contributed by atoms with van der Waals surface area (Å²) in [6.45, 7) is 10.4. The average molecular weight is 282 g/mol. The Hall–Kier alpha value is -0.900. The molecular weight excluding hydrogens is 252 g/mol. The molecule has 0 aromatic rings. The van der Waals surface area contributed by atoms with E-state index in [1.165, 1.54) is 0 Å². The summed E-state index contributed by atoms with van der Waals surface area (Å²) in [6, 6.07) is 0.218. The quantitative estimate of drug-likeness (QED) is 0.845. The third-order valence-electron chi connectivity index (χ3n) is 4.42. The smallest absolute Gasteiger partial charge is 0.226 e. The summed E-state index contributed by atoms with van der Waals surface area (Å²) in [7, 11) is 0. The predicted molar refractivity (Wildman–Crippen MR) is 81.5 cm³/mol. The summed E-state index contributed by atoms with van der Waals surface area (Å²) >= 11 is 0. The maximum Gasteiger partial charge on any atom is 0.226 e. The van der Waals surface area contributed by atoms with E-state index in [2.05, 4.69) is 12.2 Å². The van der Waals surface area contributed by atoms with Crippen LogP contribution in [-0.4, -0.2) is 42.3 Å². The number of nitrogens with zero attached hydrogens (tertiary/aromatic N) is 1. The van der Waals surface area contributed by atoms with E-state index in [4.69, 9.17) is 0 Å². The van der Waals surface area contributed by atoms with E-state index < -0.39 is 0 Å². The minimum absolute atomic E-state index is 0.164. The molecule has 0 bridgehead atoms. The number of ketones is 1. The zero-order chi connectivity index (χ0) is 15.1. The third kappa shape index (κ3) is 4.30. The van der Waals surface area contributed by atoms with Crippen molar-refractivity contribution in [2.24, 2.45) is 11.8 Å². The van der Waals surface area contributed by atoms with Crippen molar-refractivity contribution in [2.75, 3.05) is 19.6 Å². The van der Waals surface area contributed by atoms with Gasteiger partial charge in [-0.15, -0.1) is 0 Å². The van der Waals surface area contributed by atoms with E-state index in [1.54, 1.807) is 6.92 Å². The Kier molecular flexibility index (Phi) is 7.20. The highest BCUT2D eigenvalue weighted by Crippen LogP contribution is 2.26. The minimum Gasteiger partial charge on any atom is -0.340 e. The number of likely N-dealkylation sites (tertiary alicyclic amines) is 1. The highest BCUT2D eigenvalue weighted by molar-refractivity contribution is 5.81. The molecule has 1 amide bonds. The van der Waals surface area contributed by atoms with Gasteiger partial charge >= 0.3 is 0 Å². The molecule has 0 aliphatic carbocycles. The predicted octanol–water partition coefficient (Wildman–Crippen LogP) is 2.23. The lowest BCUT2D eigenvalue weighted by Gasteiger charge is -2.39. The first-order chi connectivity index (χ1) is 9.59. The van der Waals surface area contributed by atoms with Crippen LogP contribution < -0.4 is 5.32 Å². The fourth-order valence-electron chi connectivity index (χ4n) is 3.17. The van der Waals surface area contributed by atoms with Crippen molar-refractivity contribution in [3.8, 4) is 0 Å². The van der Waals surface area contributed by atoms with Crippen molar-refractivity contribution in [1.29, 1.82) is 0 Å². The second-order valence-electron chi connectivity index (χ2n) is 5.74. The summed E-state index contributed by atoms with van der Waals surface area (Å²) in [5, 5.41) is 3.29. The van der Waals surface area contributed by atoms with E-state index in [0.29, 0.717) is 5.91 Å². The van der Waals surface area contributed by atoms with Gasteiger partial charge in [0.2, 0.25) is 5.91 Å². The summed E-state index contributed by atoms with van der Waals surface area (Å²) in [6.07, 6.45) is 3.60. The molecular formula is C16H30N2O2. The standard InChI is InChI=1S/C14H24N2O2.C2H6/c1-10-9-13(11(2)17)5-8-16(10)14(18)12-3-6-15-7-4-12;1-2/h10,12-13,15H,3-9H2,1-2H3;1-2H3. The van der Waals surface area contributed by atoms with Gasteiger partial charge in [-0.2, -0.15) is 0 Å². The number of rotatable bonds is 2. The van der Waals surface area contributed by atoms with Crippen LogP contribution in [0.25, 0.3) is 0 Å². The summed E-state index contributed by atoms with van der Waals surface area (Å²) < 4.78 is 0. The molecule has 2 rings (SSSR count). The summed E-state index contributed by atoms with van der Waals surface area (Å²) in [5.41, 5.74) is 0. The molecule has 2 saturated heterocycles. The number of Topliss-reactive ketones (excluding diaryl/α,β-unsaturated/α-hetero) is 1. The molecule has 4 nitrogen and oxygen atoms in total. The molecule has 2 aliphatic rings. The Labute approximate surface area is 123 Å². The zero-order valence-electron chi connectivity index (χ0n) is 13.4. The Morgan fingerprint density at radius 2 is 1.65 bits per heavy atom. The van der Waals surface area contributed by atoms with Crippen LogP contribution in [0.5, 0.6) is 0 Å². The van der Waals surface area contributed by atoms with Crippen molar-refractivity contribution in [3.05, 3.63) is 0 Å². The Morgan fingerprint density at radius 3 is 2.15 bits per heavy atom. The molecule has 2 aliphatic heterocycles. The zero-order valence-corrected chi connectivity index (χ0v) is 13.4. The SMILES string of the molecule is CC.CC(=O)C1CCN(C(=O)C2CCNCC2)C(C)C1. The number of nitrogens with one attached hydrogen (secondary N) is 1. The normalized spacial score (nSPS) is 27.5. The number of piperidine rings is 2. The van der Waals surface area contributed by atoms with Crippen LogP contribution in [-0.2, 0) is 9.59 Å². The van der Waals surface area contributed by atoms with Crippen LogP contribution in [0.1, 0.15) is 53.4 Å². The number of carbonyl (C=O) groups is 2. The molecule has 0 radical (unpaired) electrons. The fourth-order valence-corrected chi connectivity index (χ4v) is 3.17. The highest BCUT2D eigenvalue weighted by atomic mass is 16.2. The van der Waals surface area contributed by atoms with Crippen LogP contribution in [0.3, 0.4) is 0 Å². The van der Waals surface area contributed by atoms with Gasteiger partial charge in [0.15, 0.2) is 0 Å². The molecule has 0 aromatic carbocycles. The van der Waals surface area contributed by atoms with Gasteiger partial charge in [-0.1, -0.05) is 13.8 Å². The second-order valence-corrected chi connectivity index (χ2v) is 5.74. The van der Waals surface area contributed by atoms with Gasteiger partial charge in [-0.05, 0) is 52.6 Å². The number of amides is 1. The molecule has 0 aromatic heterocycles. The van der Waals surface area contributed by atoms with Gasteiger partial charge in [0.05, 0.1) is 0 Å². The van der Waals surface area contributed by atoms with Crippen molar-refractivity contribution >= 4 is 11.7 Å². The molecule has 116 valence electrons. The van der Waals surface area contributed by atoms with Crippen LogP contribution in [0.4, 0.5) is 0 Å². The molecule has 0 spiro atoms. The van der Waals surface area contributed by atoms with E-state index in [9.17, 15) is 9.59 Å². The maximum absolute atomic E-state index is 12.5. The summed E-state index contributed by atoms with van der Waals surface area (Å²) in [5.74, 6) is 0.946. The summed E-state index contributed by atoms with van der Waals surface area (Å²) in [4.78, 5) is 25.9. The van der Waals surface area contributed by atoms with Crippen LogP contribution >= 0.6 is 0 Å². The fraction of sp³-hybridized carbons (Fsp3) is 0.875. The average Bonchev–Trinajstić information content (AvgIpc) is 2.49. The van der Waals surface area contributed by atoms with Crippen molar-refractivity contribution in [1.82, 2.24) is 10.2 Å². The van der Waals surface area contributed by atoms with Crippen LogP contribution in [0.2, 0.25) is 0 Å². The van der Waals surface area contributed by atoms with Crippen LogP contribution in [0, 0.1) is 11.8 Å². The molecule has 4 heteroatoms. The van der Waals surface area contributed by atoms with Gasteiger partial charge in [-0.25, -0.2) is 0 Å². The lowest BCUT2D eigenvalue weighted by Crippen LogP contribution is -2.49. The Balaban J connectivity index is 0.000000956. The van der Waals surface area contributed by atoms with Gasteiger partial charge in [0.25, 0.3) is 0 Å². The molecule has 0 saturated carbocycles. The van der Waals surface area contributed by atoms with Crippen molar-refractivity contribution in [3.63, 3.8) is 0 Å². The molecule has 1 N–H and O–H groups in total. The first kappa shape index (κ1) is 17.2. The topological polar surface area (TPSA) is 49.4 Å². The lowest BCUT2D eigenvalue weighted by atomic mass is 9.87. The Morgan fingerprint density at radius 1 is 1.05 bits per heavy atom. The van der Waals surface area contributed by atoms with Crippen LogP contribution in [0.15, 0.2) is 0 Å². The monoisotopic (exact) mass is 282 g/mol. The number of carbonyl (C=O) groups excluding carboxylic acids is 2. The first-order valence-electron chi connectivity index (χ1n) is 8.11. The molecule has 2 unspecified atom stereocenters. The van der Waals surface area contributed by atoms with Gasteiger partial charge in [-0.3, -0.25) is 9.59 Å². The molecule has 2 heterocycles. The Bertz CT molecular complexity index is 324. The molecule has 2 fully saturated rings.